The van der Waals surface area contributed by atoms with Crippen molar-refractivity contribution in [2.24, 2.45) is 5.92 Å². The van der Waals surface area contributed by atoms with E-state index in [4.69, 9.17) is 0 Å². The second-order valence-corrected chi connectivity index (χ2v) is 7.04. The number of carbonyl (C=O) groups is 2. The fourth-order valence-corrected chi connectivity index (χ4v) is 3.82. The van der Waals surface area contributed by atoms with E-state index in [2.05, 4.69) is 4.98 Å². The van der Waals surface area contributed by atoms with Crippen molar-refractivity contribution >= 4 is 11.8 Å². The molecule has 0 aromatic carbocycles. The number of hydrogen-bond acceptors (Lipinski definition) is 3. The zero-order chi connectivity index (χ0) is 17.1. The summed E-state index contributed by atoms with van der Waals surface area (Å²) in [6, 6.07) is 3.74. The highest BCUT2D eigenvalue weighted by molar-refractivity contribution is 5.95. The molecule has 1 aromatic rings. The van der Waals surface area contributed by atoms with E-state index >= 15 is 0 Å². The van der Waals surface area contributed by atoms with E-state index in [1.54, 1.807) is 0 Å². The summed E-state index contributed by atoms with van der Waals surface area (Å²) >= 11 is 0. The summed E-state index contributed by atoms with van der Waals surface area (Å²) in [5, 5.41) is 0. The lowest BCUT2D eigenvalue weighted by Gasteiger charge is -2.37. The summed E-state index contributed by atoms with van der Waals surface area (Å²) in [4.78, 5) is 33.5. The molecule has 2 heterocycles. The normalized spacial score (nSPS) is 19.4. The molecule has 1 aromatic heterocycles. The minimum absolute atomic E-state index is 0.0322. The fourth-order valence-electron chi connectivity index (χ4n) is 3.82. The molecule has 0 unspecified atom stereocenters. The van der Waals surface area contributed by atoms with Crippen molar-refractivity contribution in [3.8, 4) is 0 Å². The van der Waals surface area contributed by atoms with Gasteiger partial charge in [-0.3, -0.25) is 14.6 Å². The largest absolute Gasteiger partial charge is 0.339 e. The van der Waals surface area contributed by atoms with Gasteiger partial charge in [0.15, 0.2) is 0 Å². The summed E-state index contributed by atoms with van der Waals surface area (Å²) < 4.78 is 0. The Morgan fingerprint density at radius 2 is 1.58 bits per heavy atom. The predicted octanol–water partition coefficient (Wildman–Crippen LogP) is 2.56. The predicted molar refractivity (Wildman–Crippen MR) is 92.8 cm³/mol. The lowest BCUT2D eigenvalue weighted by molar-refractivity contribution is -0.138. The maximum Gasteiger partial charge on any atom is 0.255 e. The quantitative estimate of drug-likeness (QED) is 0.838. The Hall–Kier alpha value is -1.91. The van der Waals surface area contributed by atoms with Gasteiger partial charge in [0, 0.05) is 37.8 Å². The molecule has 1 saturated carbocycles. The zero-order valence-corrected chi connectivity index (χ0v) is 14.8. The Bertz CT molecular complexity index is 615. The van der Waals surface area contributed by atoms with E-state index in [9.17, 15) is 9.59 Å². The third-order valence-electron chi connectivity index (χ3n) is 5.29. The maximum atomic E-state index is 12.7. The zero-order valence-electron chi connectivity index (χ0n) is 14.8. The first-order valence-electron chi connectivity index (χ1n) is 9.08. The first-order valence-corrected chi connectivity index (χ1v) is 9.08. The van der Waals surface area contributed by atoms with Crippen LogP contribution in [0.15, 0.2) is 12.1 Å². The van der Waals surface area contributed by atoms with E-state index in [1.807, 2.05) is 35.8 Å². The summed E-state index contributed by atoms with van der Waals surface area (Å²) in [6.07, 6.45) is 5.68. The van der Waals surface area contributed by atoms with Crippen molar-refractivity contribution < 1.29 is 9.59 Å². The molecule has 1 aliphatic heterocycles. The van der Waals surface area contributed by atoms with Crippen molar-refractivity contribution in [2.45, 2.75) is 46.0 Å². The maximum absolute atomic E-state index is 12.7. The first kappa shape index (κ1) is 16.9. The van der Waals surface area contributed by atoms with Gasteiger partial charge >= 0.3 is 0 Å². The highest BCUT2D eigenvalue weighted by atomic mass is 16.2. The van der Waals surface area contributed by atoms with Gasteiger partial charge in [-0.15, -0.1) is 0 Å². The molecule has 2 fully saturated rings. The minimum Gasteiger partial charge on any atom is -0.339 e. The van der Waals surface area contributed by atoms with E-state index in [-0.39, 0.29) is 11.8 Å². The molecule has 0 bridgehead atoms. The van der Waals surface area contributed by atoms with Gasteiger partial charge in [-0.25, -0.2) is 0 Å². The third-order valence-corrected chi connectivity index (χ3v) is 5.29. The number of nitrogens with zero attached hydrogens (tertiary/aromatic N) is 3. The molecule has 0 radical (unpaired) electrons. The molecule has 3 rings (SSSR count). The molecule has 1 saturated heterocycles. The number of carbonyl (C=O) groups excluding carboxylic acids is 2. The van der Waals surface area contributed by atoms with Crippen molar-refractivity contribution in [1.82, 2.24) is 14.8 Å². The average molecular weight is 329 g/mol. The summed E-state index contributed by atoms with van der Waals surface area (Å²) in [6.45, 7) is 6.34. The number of piperazine rings is 1. The lowest BCUT2D eigenvalue weighted by Crippen LogP contribution is -2.52. The van der Waals surface area contributed by atoms with Crippen LogP contribution >= 0.6 is 0 Å². The second kappa shape index (κ2) is 7.32. The van der Waals surface area contributed by atoms with Gasteiger partial charge in [0.1, 0.15) is 0 Å². The molecule has 130 valence electrons. The van der Waals surface area contributed by atoms with Crippen molar-refractivity contribution in [1.29, 1.82) is 0 Å². The van der Waals surface area contributed by atoms with Crippen LogP contribution in [0.1, 0.15) is 53.8 Å². The van der Waals surface area contributed by atoms with Gasteiger partial charge in [-0.05, 0) is 38.8 Å². The van der Waals surface area contributed by atoms with Crippen LogP contribution < -0.4 is 0 Å². The number of rotatable bonds is 2. The van der Waals surface area contributed by atoms with E-state index in [1.165, 1.54) is 19.3 Å². The van der Waals surface area contributed by atoms with Crippen LogP contribution in [0.25, 0.3) is 0 Å². The van der Waals surface area contributed by atoms with Crippen LogP contribution in [0, 0.1) is 19.8 Å². The SMILES string of the molecule is Cc1ccc(C(=O)N2CCN(C(=O)C3CCCCC3)CC2)c(C)n1. The van der Waals surface area contributed by atoms with Crippen LogP contribution in [0.3, 0.4) is 0 Å². The molecule has 2 aliphatic rings. The van der Waals surface area contributed by atoms with E-state index in [0.29, 0.717) is 37.6 Å². The highest BCUT2D eigenvalue weighted by Gasteiger charge is 2.30. The first-order chi connectivity index (χ1) is 11.6. The van der Waals surface area contributed by atoms with Gasteiger partial charge in [0.05, 0.1) is 11.3 Å². The second-order valence-electron chi connectivity index (χ2n) is 7.04. The van der Waals surface area contributed by atoms with Crippen LogP contribution in [-0.4, -0.2) is 52.8 Å². The van der Waals surface area contributed by atoms with Crippen LogP contribution in [0.5, 0.6) is 0 Å². The van der Waals surface area contributed by atoms with Gasteiger partial charge in [-0.2, -0.15) is 0 Å². The number of amides is 2. The van der Waals surface area contributed by atoms with Crippen molar-refractivity contribution in [3.63, 3.8) is 0 Å². The van der Waals surface area contributed by atoms with Crippen molar-refractivity contribution in [3.05, 3.63) is 29.1 Å². The number of hydrogen-bond donors (Lipinski definition) is 0. The lowest BCUT2D eigenvalue weighted by atomic mass is 9.88. The molecule has 5 heteroatoms. The minimum atomic E-state index is 0.0322. The molecular formula is C19H27N3O2. The Balaban J connectivity index is 1.58. The Labute approximate surface area is 144 Å². The van der Waals surface area contributed by atoms with Crippen LogP contribution in [-0.2, 0) is 4.79 Å². The molecule has 5 nitrogen and oxygen atoms in total. The molecule has 2 amide bonds. The van der Waals surface area contributed by atoms with Crippen molar-refractivity contribution in [2.75, 3.05) is 26.2 Å². The molecule has 1 aliphatic carbocycles. The van der Waals surface area contributed by atoms with Crippen LogP contribution in [0.2, 0.25) is 0 Å². The molecular weight excluding hydrogens is 302 g/mol. The summed E-state index contributed by atoms with van der Waals surface area (Å²) in [7, 11) is 0. The van der Waals surface area contributed by atoms with Gasteiger partial charge in [0.25, 0.3) is 5.91 Å². The molecule has 0 atom stereocenters. The van der Waals surface area contributed by atoms with Gasteiger partial charge in [-0.1, -0.05) is 19.3 Å². The topological polar surface area (TPSA) is 53.5 Å². The summed E-state index contributed by atoms with van der Waals surface area (Å²) in [5.74, 6) is 0.546. The van der Waals surface area contributed by atoms with E-state index < -0.39 is 0 Å². The fraction of sp³-hybridized carbons (Fsp3) is 0.632. The molecule has 0 N–H and O–H groups in total. The van der Waals surface area contributed by atoms with Gasteiger partial charge in [0.2, 0.25) is 5.91 Å². The van der Waals surface area contributed by atoms with Gasteiger partial charge < -0.3 is 9.80 Å². The average Bonchev–Trinajstić information content (AvgIpc) is 2.61. The Morgan fingerprint density at radius 3 is 2.21 bits per heavy atom. The highest BCUT2D eigenvalue weighted by Crippen LogP contribution is 2.26. The number of pyridine rings is 1. The number of aromatic nitrogens is 1. The smallest absolute Gasteiger partial charge is 0.255 e. The molecule has 24 heavy (non-hydrogen) atoms. The summed E-state index contributed by atoms with van der Waals surface area (Å²) in [5.41, 5.74) is 2.38. The standard InChI is InChI=1S/C19H27N3O2/c1-14-8-9-17(15(2)20-14)19(24)22-12-10-21(11-13-22)18(23)16-6-4-3-5-7-16/h8-9,16H,3-7,10-13H2,1-2H3. The molecule has 0 spiro atoms. The Morgan fingerprint density at radius 1 is 0.958 bits per heavy atom. The monoisotopic (exact) mass is 329 g/mol. The van der Waals surface area contributed by atoms with Crippen LogP contribution in [0.4, 0.5) is 0 Å². The number of aryl methyl sites for hydroxylation is 2. The van der Waals surface area contributed by atoms with E-state index in [0.717, 1.165) is 24.2 Å². The third kappa shape index (κ3) is 3.60. The Kier molecular flexibility index (Phi) is 5.17.